The molecule has 0 aromatic rings. The van der Waals surface area contributed by atoms with Gasteiger partial charge < -0.3 is 5.32 Å². The van der Waals surface area contributed by atoms with Crippen molar-refractivity contribution < 1.29 is 8.78 Å². The molecule has 1 aliphatic heterocycles. The van der Waals surface area contributed by atoms with Crippen molar-refractivity contribution in [3.63, 3.8) is 0 Å². The zero-order valence-electron chi connectivity index (χ0n) is 5.44. The Morgan fingerprint density at radius 1 is 1.40 bits per heavy atom. The van der Waals surface area contributed by atoms with Gasteiger partial charge in [-0.25, -0.2) is 8.78 Å². The lowest BCUT2D eigenvalue weighted by molar-refractivity contribution is 0.0920. The number of piperidine rings is 1. The van der Waals surface area contributed by atoms with E-state index in [0.717, 1.165) is 13.0 Å². The van der Waals surface area contributed by atoms with Crippen LogP contribution < -0.4 is 5.32 Å². The first-order chi connectivity index (χ1) is 4.23. The number of nitrogens with one attached hydrogen (secondary N) is 1. The fourth-order valence-corrected chi connectivity index (χ4v) is 1.61. The SMILES string of the molecule is Cl.FC1(F)C2CCCNC21. The quantitative estimate of drug-likeness (QED) is 0.579. The van der Waals surface area contributed by atoms with E-state index in [0.29, 0.717) is 6.42 Å². The molecular formula is C6H10ClF2N. The summed E-state index contributed by atoms with van der Waals surface area (Å²) in [5.41, 5.74) is 0. The Labute approximate surface area is 64.6 Å². The minimum Gasteiger partial charge on any atom is -0.308 e. The minimum absolute atomic E-state index is 0. The van der Waals surface area contributed by atoms with E-state index >= 15 is 0 Å². The van der Waals surface area contributed by atoms with E-state index < -0.39 is 12.0 Å². The molecule has 2 unspecified atom stereocenters. The van der Waals surface area contributed by atoms with Crippen LogP contribution in [0.25, 0.3) is 0 Å². The van der Waals surface area contributed by atoms with Gasteiger partial charge in [-0.05, 0) is 19.4 Å². The summed E-state index contributed by atoms with van der Waals surface area (Å²) >= 11 is 0. The Hall–Kier alpha value is 0.110. The van der Waals surface area contributed by atoms with Crippen molar-refractivity contribution in [2.24, 2.45) is 5.92 Å². The van der Waals surface area contributed by atoms with Gasteiger partial charge in [0.15, 0.2) is 0 Å². The van der Waals surface area contributed by atoms with Gasteiger partial charge in [0.05, 0.1) is 6.04 Å². The van der Waals surface area contributed by atoms with Gasteiger partial charge in [-0.3, -0.25) is 0 Å². The summed E-state index contributed by atoms with van der Waals surface area (Å²) in [6.07, 6.45) is 1.63. The minimum atomic E-state index is -2.36. The van der Waals surface area contributed by atoms with Crippen molar-refractivity contribution in [3.05, 3.63) is 0 Å². The van der Waals surface area contributed by atoms with Gasteiger partial charge in [-0.2, -0.15) is 0 Å². The van der Waals surface area contributed by atoms with Gasteiger partial charge in [0, 0.05) is 5.92 Å². The van der Waals surface area contributed by atoms with Crippen LogP contribution in [-0.2, 0) is 0 Å². The second-order valence-electron chi connectivity index (χ2n) is 2.86. The summed E-state index contributed by atoms with van der Waals surface area (Å²) in [6.45, 7) is 0.775. The summed E-state index contributed by atoms with van der Waals surface area (Å²) in [6, 6.07) is -0.466. The molecule has 0 radical (unpaired) electrons. The third kappa shape index (κ3) is 0.920. The molecular weight excluding hydrogens is 160 g/mol. The molecule has 1 N–H and O–H groups in total. The molecule has 2 fully saturated rings. The van der Waals surface area contributed by atoms with Crippen molar-refractivity contribution in [1.29, 1.82) is 0 Å². The standard InChI is InChI=1S/C6H9F2N.ClH/c7-6(8)4-2-1-3-9-5(4)6;/h4-5,9H,1-3H2;1H. The van der Waals surface area contributed by atoms with E-state index in [9.17, 15) is 8.78 Å². The zero-order valence-corrected chi connectivity index (χ0v) is 6.26. The number of hydrogen-bond acceptors (Lipinski definition) is 1. The van der Waals surface area contributed by atoms with Crippen LogP contribution in [0.2, 0.25) is 0 Å². The first-order valence-electron chi connectivity index (χ1n) is 3.34. The summed E-state index contributed by atoms with van der Waals surface area (Å²) in [4.78, 5) is 0. The van der Waals surface area contributed by atoms with Crippen LogP contribution in [0, 0.1) is 5.92 Å². The topological polar surface area (TPSA) is 12.0 Å². The maximum atomic E-state index is 12.4. The van der Waals surface area contributed by atoms with Crippen LogP contribution in [0.15, 0.2) is 0 Å². The molecule has 1 nitrogen and oxygen atoms in total. The zero-order chi connectivity index (χ0) is 6.48. The molecule has 0 aromatic carbocycles. The highest BCUT2D eigenvalue weighted by Crippen LogP contribution is 2.52. The highest BCUT2D eigenvalue weighted by Gasteiger charge is 2.68. The van der Waals surface area contributed by atoms with E-state index in [1.165, 1.54) is 0 Å². The highest BCUT2D eigenvalue weighted by atomic mass is 35.5. The Bertz CT molecular complexity index is 126. The average molecular weight is 170 g/mol. The van der Waals surface area contributed by atoms with Crippen LogP contribution in [0.4, 0.5) is 8.78 Å². The van der Waals surface area contributed by atoms with Crippen LogP contribution in [0.3, 0.4) is 0 Å². The van der Waals surface area contributed by atoms with Crippen molar-refractivity contribution in [1.82, 2.24) is 5.32 Å². The lowest BCUT2D eigenvalue weighted by atomic mass is 10.2. The summed E-state index contributed by atoms with van der Waals surface area (Å²) in [7, 11) is 0. The molecule has 1 heterocycles. The third-order valence-corrected chi connectivity index (χ3v) is 2.26. The molecule has 0 bridgehead atoms. The average Bonchev–Trinajstić information content (AvgIpc) is 2.39. The van der Waals surface area contributed by atoms with Crippen LogP contribution in [0.5, 0.6) is 0 Å². The van der Waals surface area contributed by atoms with Crippen molar-refractivity contribution in [2.75, 3.05) is 6.54 Å². The first kappa shape index (κ1) is 8.21. The normalized spacial score (nSPS) is 41.4. The fourth-order valence-electron chi connectivity index (χ4n) is 1.61. The Balaban J connectivity index is 0.000000500. The predicted octanol–water partition coefficient (Wildman–Crippen LogP) is 1.43. The summed E-state index contributed by atoms with van der Waals surface area (Å²) in [5, 5.41) is 2.80. The smallest absolute Gasteiger partial charge is 0.268 e. The molecule has 0 spiro atoms. The molecule has 0 aromatic heterocycles. The van der Waals surface area contributed by atoms with Crippen LogP contribution >= 0.6 is 12.4 Å². The van der Waals surface area contributed by atoms with E-state index in [1.807, 2.05) is 0 Å². The Morgan fingerprint density at radius 2 is 2.10 bits per heavy atom. The fraction of sp³-hybridized carbons (Fsp3) is 1.00. The van der Waals surface area contributed by atoms with E-state index in [1.54, 1.807) is 0 Å². The number of alkyl halides is 2. The van der Waals surface area contributed by atoms with Crippen molar-refractivity contribution in [3.8, 4) is 0 Å². The van der Waals surface area contributed by atoms with Gasteiger partial charge in [-0.1, -0.05) is 0 Å². The van der Waals surface area contributed by atoms with Gasteiger partial charge >= 0.3 is 0 Å². The van der Waals surface area contributed by atoms with E-state index in [2.05, 4.69) is 5.32 Å². The molecule has 4 heteroatoms. The van der Waals surface area contributed by atoms with Crippen LogP contribution in [0.1, 0.15) is 12.8 Å². The lowest BCUT2D eigenvalue weighted by Gasteiger charge is -2.05. The Kier molecular flexibility index (Phi) is 1.90. The molecule has 2 rings (SSSR count). The molecule has 1 aliphatic carbocycles. The Morgan fingerprint density at radius 3 is 2.50 bits per heavy atom. The maximum absolute atomic E-state index is 12.4. The number of halogens is 3. The van der Waals surface area contributed by atoms with Crippen molar-refractivity contribution in [2.45, 2.75) is 24.8 Å². The molecule has 0 amide bonds. The second kappa shape index (κ2) is 2.31. The number of fused-ring (bicyclic) bond motifs is 1. The molecule has 2 atom stereocenters. The monoisotopic (exact) mass is 169 g/mol. The largest absolute Gasteiger partial charge is 0.308 e. The van der Waals surface area contributed by atoms with Gasteiger partial charge in [-0.15, -0.1) is 12.4 Å². The second-order valence-corrected chi connectivity index (χ2v) is 2.86. The third-order valence-electron chi connectivity index (χ3n) is 2.26. The summed E-state index contributed by atoms with van der Waals surface area (Å²) in [5.74, 6) is -2.69. The molecule has 60 valence electrons. The van der Waals surface area contributed by atoms with E-state index in [-0.39, 0.29) is 18.3 Å². The molecule has 2 aliphatic rings. The number of rotatable bonds is 0. The number of hydrogen-bond donors (Lipinski definition) is 1. The molecule has 1 saturated heterocycles. The molecule has 10 heavy (non-hydrogen) atoms. The summed E-state index contributed by atoms with van der Waals surface area (Å²) < 4.78 is 24.9. The highest BCUT2D eigenvalue weighted by molar-refractivity contribution is 5.85. The lowest BCUT2D eigenvalue weighted by Crippen LogP contribution is -2.25. The molecule has 1 saturated carbocycles. The predicted molar refractivity (Wildman–Crippen MR) is 36.7 cm³/mol. The van der Waals surface area contributed by atoms with Crippen LogP contribution in [-0.4, -0.2) is 18.5 Å². The first-order valence-corrected chi connectivity index (χ1v) is 3.34. The van der Waals surface area contributed by atoms with Gasteiger partial charge in [0.2, 0.25) is 0 Å². The van der Waals surface area contributed by atoms with Gasteiger partial charge in [0.1, 0.15) is 0 Å². The van der Waals surface area contributed by atoms with Crippen molar-refractivity contribution >= 4 is 12.4 Å². The maximum Gasteiger partial charge on any atom is 0.268 e. The van der Waals surface area contributed by atoms with Gasteiger partial charge in [0.25, 0.3) is 5.92 Å². The van der Waals surface area contributed by atoms with E-state index in [4.69, 9.17) is 0 Å².